The van der Waals surface area contributed by atoms with E-state index in [1.165, 1.54) is 5.69 Å². The predicted molar refractivity (Wildman–Crippen MR) is 64.3 cm³/mol. The zero-order chi connectivity index (χ0) is 11.8. The molecule has 0 aromatic carbocycles. The van der Waals surface area contributed by atoms with E-state index in [4.69, 9.17) is 0 Å². The van der Waals surface area contributed by atoms with Crippen LogP contribution in [0.25, 0.3) is 0 Å². The third-order valence-electron chi connectivity index (χ3n) is 3.54. The van der Waals surface area contributed by atoms with Gasteiger partial charge in [0.25, 0.3) is 0 Å². The number of aliphatic hydroxyl groups is 1. The Kier molecular flexibility index (Phi) is 3.06. The number of hydrogen-bond acceptors (Lipinski definition) is 2. The highest BCUT2D eigenvalue weighted by atomic mass is 16.3. The molecule has 1 aliphatic carbocycles. The molecule has 0 saturated heterocycles. The maximum Gasteiger partial charge on any atom is 0.0708 e. The van der Waals surface area contributed by atoms with Crippen LogP contribution in [0.15, 0.2) is 6.07 Å². The maximum atomic E-state index is 10.3. The quantitative estimate of drug-likeness (QED) is 0.848. The van der Waals surface area contributed by atoms with Gasteiger partial charge in [-0.1, -0.05) is 13.8 Å². The van der Waals surface area contributed by atoms with E-state index in [-0.39, 0.29) is 0 Å². The molecule has 3 nitrogen and oxygen atoms in total. The van der Waals surface area contributed by atoms with Gasteiger partial charge in [0.2, 0.25) is 0 Å². The number of nitrogens with zero attached hydrogens (tertiary/aromatic N) is 2. The van der Waals surface area contributed by atoms with E-state index in [2.05, 4.69) is 31.9 Å². The van der Waals surface area contributed by atoms with Crippen molar-refractivity contribution in [1.82, 2.24) is 9.78 Å². The van der Waals surface area contributed by atoms with Gasteiger partial charge < -0.3 is 5.11 Å². The Balaban J connectivity index is 2.11. The van der Waals surface area contributed by atoms with Crippen LogP contribution in [0.4, 0.5) is 0 Å². The highest BCUT2D eigenvalue weighted by molar-refractivity contribution is 5.14. The molecule has 0 bridgehead atoms. The fraction of sp³-hybridized carbons (Fsp3) is 0.769. The zero-order valence-corrected chi connectivity index (χ0v) is 10.5. The van der Waals surface area contributed by atoms with E-state index in [1.807, 2.05) is 4.68 Å². The predicted octanol–water partition coefficient (Wildman–Crippen LogP) is 2.17. The molecule has 16 heavy (non-hydrogen) atoms. The van der Waals surface area contributed by atoms with Crippen molar-refractivity contribution in [3.05, 3.63) is 17.5 Å². The molecule has 1 aromatic rings. The van der Waals surface area contributed by atoms with Gasteiger partial charge in [0.05, 0.1) is 11.3 Å². The first-order valence-electron chi connectivity index (χ1n) is 6.34. The Bertz CT molecular complexity index is 364. The molecule has 0 unspecified atom stereocenters. The fourth-order valence-electron chi connectivity index (χ4n) is 2.82. The minimum absolute atomic E-state index is 0.461. The van der Waals surface area contributed by atoms with Gasteiger partial charge in [0.1, 0.15) is 0 Å². The molecule has 90 valence electrons. The van der Waals surface area contributed by atoms with Crippen molar-refractivity contribution in [2.24, 2.45) is 5.92 Å². The summed E-state index contributed by atoms with van der Waals surface area (Å²) in [6, 6.07) is 2.14. The minimum atomic E-state index is -0.461. The van der Waals surface area contributed by atoms with Gasteiger partial charge >= 0.3 is 0 Å². The molecule has 2 rings (SSSR count). The van der Waals surface area contributed by atoms with E-state index in [1.54, 1.807) is 0 Å². The summed E-state index contributed by atoms with van der Waals surface area (Å²) < 4.78 is 2.03. The van der Waals surface area contributed by atoms with Crippen molar-refractivity contribution in [1.29, 1.82) is 0 Å². The van der Waals surface area contributed by atoms with Gasteiger partial charge in [-0.25, -0.2) is 0 Å². The van der Waals surface area contributed by atoms with Crippen LogP contribution in [-0.2, 0) is 19.4 Å². The summed E-state index contributed by atoms with van der Waals surface area (Å²) in [5.41, 5.74) is 1.86. The highest BCUT2D eigenvalue weighted by Crippen LogP contribution is 2.39. The molecule has 1 heterocycles. The Labute approximate surface area is 97.5 Å². The van der Waals surface area contributed by atoms with Gasteiger partial charge in [-0.2, -0.15) is 5.10 Å². The summed E-state index contributed by atoms with van der Waals surface area (Å²) in [7, 11) is 0. The van der Waals surface area contributed by atoms with Gasteiger partial charge in [-0.05, 0) is 38.2 Å². The van der Waals surface area contributed by atoms with Crippen LogP contribution in [0.2, 0.25) is 0 Å². The van der Waals surface area contributed by atoms with Gasteiger partial charge in [0.15, 0.2) is 0 Å². The number of aryl methyl sites for hydroxylation is 2. The number of aromatic nitrogens is 2. The fourth-order valence-corrected chi connectivity index (χ4v) is 2.82. The number of hydrogen-bond donors (Lipinski definition) is 1. The summed E-state index contributed by atoms with van der Waals surface area (Å²) in [4.78, 5) is 0. The number of rotatable bonds is 4. The molecular formula is C13H22N2O. The summed E-state index contributed by atoms with van der Waals surface area (Å²) in [6.07, 6.45) is 3.60. The third-order valence-corrected chi connectivity index (χ3v) is 3.54. The van der Waals surface area contributed by atoms with Crippen molar-refractivity contribution in [3.8, 4) is 0 Å². The van der Waals surface area contributed by atoms with Crippen molar-refractivity contribution < 1.29 is 5.11 Å². The van der Waals surface area contributed by atoms with E-state index in [0.717, 1.165) is 37.9 Å². The smallest absolute Gasteiger partial charge is 0.0708 e. The Morgan fingerprint density at radius 1 is 1.50 bits per heavy atom. The molecule has 0 spiro atoms. The van der Waals surface area contributed by atoms with Crippen molar-refractivity contribution in [2.75, 3.05) is 0 Å². The SMILES string of the molecule is CCc1cc(CC2(O)CC(C)C2)n(CC)n1. The molecule has 0 amide bonds. The average molecular weight is 222 g/mol. The lowest BCUT2D eigenvalue weighted by molar-refractivity contribution is -0.0678. The summed E-state index contributed by atoms with van der Waals surface area (Å²) in [6.45, 7) is 7.31. The minimum Gasteiger partial charge on any atom is -0.389 e. The first-order valence-corrected chi connectivity index (χ1v) is 6.34. The summed E-state index contributed by atoms with van der Waals surface area (Å²) in [5, 5.41) is 14.8. The second kappa shape index (κ2) is 4.21. The normalized spacial score (nSPS) is 29.1. The molecule has 0 aliphatic heterocycles. The van der Waals surface area contributed by atoms with Crippen LogP contribution in [0.3, 0.4) is 0 Å². The molecule has 1 fully saturated rings. The molecule has 0 atom stereocenters. The second-order valence-corrected chi connectivity index (χ2v) is 5.21. The lowest BCUT2D eigenvalue weighted by Crippen LogP contribution is -2.44. The monoisotopic (exact) mass is 222 g/mol. The van der Waals surface area contributed by atoms with E-state index < -0.39 is 5.60 Å². The zero-order valence-electron chi connectivity index (χ0n) is 10.5. The maximum absolute atomic E-state index is 10.3. The highest BCUT2D eigenvalue weighted by Gasteiger charge is 2.40. The van der Waals surface area contributed by atoms with Gasteiger partial charge in [-0.3, -0.25) is 4.68 Å². The van der Waals surface area contributed by atoms with Crippen molar-refractivity contribution in [2.45, 2.75) is 58.6 Å². The largest absolute Gasteiger partial charge is 0.389 e. The molecule has 1 saturated carbocycles. The lowest BCUT2D eigenvalue weighted by Gasteiger charge is -2.42. The Morgan fingerprint density at radius 3 is 2.69 bits per heavy atom. The third kappa shape index (κ3) is 2.14. The van der Waals surface area contributed by atoms with Gasteiger partial charge in [0, 0.05) is 18.7 Å². The molecule has 1 aromatic heterocycles. The van der Waals surface area contributed by atoms with Crippen LogP contribution in [-0.4, -0.2) is 20.5 Å². The van der Waals surface area contributed by atoms with Crippen LogP contribution in [0, 0.1) is 5.92 Å². The molecule has 1 aliphatic rings. The summed E-state index contributed by atoms with van der Waals surface area (Å²) >= 11 is 0. The lowest BCUT2D eigenvalue weighted by atomic mass is 9.70. The molecule has 3 heteroatoms. The van der Waals surface area contributed by atoms with Crippen LogP contribution >= 0.6 is 0 Å². The summed E-state index contributed by atoms with van der Waals surface area (Å²) in [5.74, 6) is 0.675. The standard InChI is InChI=1S/C13H22N2O/c1-4-11-6-12(15(5-2)14-11)9-13(16)7-10(3)8-13/h6,10,16H,4-5,7-9H2,1-3H3. The van der Waals surface area contributed by atoms with E-state index in [9.17, 15) is 5.11 Å². The average Bonchev–Trinajstić information content (AvgIpc) is 2.58. The first kappa shape index (κ1) is 11.6. The van der Waals surface area contributed by atoms with E-state index in [0.29, 0.717) is 5.92 Å². The van der Waals surface area contributed by atoms with Crippen molar-refractivity contribution in [3.63, 3.8) is 0 Å². The van der Waals surface area contributed by atoms with E-state index >= 15 is 0 Å². The van der Waals surface area contributed by atoms with Crippen LogP contribution < -0.4 is 0 Å². The van der Waals surface area contributed by atoms with Crippen LogP contribution in [0.1, 0.15) is 45.0 Å². The molecular weight excluding hydrogens is 200 g/mol. The molecule has 0 radical (unpaired) electrons. The van der Waals surface area contributed by atoms with Crippen molar-refractivity contribution >= 4 is 0 Å². The van der Waals surface area contributed by atoms with Crippen LogP contribution in [0.5, 0.6) is 0 Å². The second-order valence-electron chi connectivity index (χ2n) is 5.21. The van der Waals surface area contributed by atoms with Gasteiger partial charge in [-0.15, -0.1) is 0 Å². The first-order chi connectivity index (χ1) is 7.56. The Hall–Kier alpha value is -0.830. The topological polar surface area (TPSA) is 38.0 Å². The Morgan fingerprint density at radius 2 is 2.19 bits per heavy atom. The molecule has 1 N–H and O–H groups in total.